The van der Waals surface area contributed by atoms with E-state index in [1.165, 1.54) is 0 Å². The summed E-state index contributed by atoms with van der Waals surface area (Å²) in [7, 11) is 1.62. The molecule has 0 bridgehead atoms. The van der Waals surface area contributed by atoms with E-state index in [0.29, 0.717) is 17.8 Å². The number of methoxy groups -OCH3 is 1. The van der Waals surface area contributed by atoms with E-state index >= 15 is 0 Å². The normalized spacial score (nSPS) is 9.95. The first kappa shape index (κ1) is 13.0. The Morgan fingerprint density at radius 3 is 2.47 bits per heavy atom. The van der Waals surface area contributed by atoms with Crippen LogP contribution in [0.2, 0.25) is 0 Å². The van der Waals surface area contributed by atoms with Gasteiger partial charge in [-0.05, 0) is 29.8 Å². The van der Waals surface area contributed by atoms with Crippen molar-refractivity contribution in [3.63, 3.8) is 0 Å². The van der Waals surface area contributed by atoms with E-state index in [2.05, 4.69) is 5.32 Å². The number of hydrogen-bond donors (Lipinski definition) is 2. The highest BCUT2D eigenvalue weighted by Crippen LogP contribution is 2.12. The van der Waals surface area contributed by atoms with Crippen LogP contribution in [0.3, 0.4) is 0 Å². The zero-order chi connectivity index (χ0) is 13.7. The molecule has 0 atom stereocenters. The molecule has 0 aliphatic carbocycles. The third-order valence-electron chi connectivity index (χ3n) is 2.82. The van der Waals surface area contributed by atoms with Crippen molar-refractivity contribution >= 4 is 11.6 Å². The Balaban J connectivity index is 1.98. The SMILES string of the molecule is COc1ccc(CNC(=O)c2ccccc2N)cc1. The molecule has 0 saturated carbocycles. The highest BCUT2D eigenvalue weighted by atomic mass is 16.5. The van der Waals surface area contributed by atoms with Gasteiger partial charge in [0.1, 0.15) is 5.75 Å². The van der Waals surface area contributed by atoms with Crippen molar-refractivity contribution in [1.29, 1.82) is 0 Å². The Bertz CT molecular complexity index is 565. The lowest BCUT2D eigenvalue weighted by Gasteiger charge is -2.08. The van der Waals surface area contributed by atoms with Gasteiger partial charge in [-0.1, -0.05) is 24.3 Å². The molecule has 0 aliphatic rings. The fraction of sp³-hybridized carbons (Fsp3) is 0.133. The van der Waals surface area contributed by atoms with Crippen LogP contribution in [0.4, 0.5) is 5.69 Å². The molecule has 0 unspecified atom stereocenters. The Hall–Kier alpha value is -2.49. The number of hydrogen-bond acceptors (Lipinski definition) is 3. The van der Waals surface area contributed by atoms with Gasteiger partial charge in [0, 0.05) is 12.2 Å². The van der Waals surface area contributed by atoms with Gasteiger partial charge in [0.25, 0.3) is 5.91 Å². The molecule has 2 aromatic carbocycles. The number of rotatable bonds is 4. The molecule has 0 heterocycles. The first-order valence-electron chi connectivity index (χ1n) is 5.96. The van der Waals surface area contributed by atoms with Crippen LogP contribution >= 0.6 is 0 Å². The van der Waals surface area contributed by atoms with Crippen LogP contribution in [0.15, 0.2) is 48.5 Å². The Morgan fingerprint density at radius 1 is 1.16 bits per heavy atom. The summed E-state index contributed by atoms with van der Waals surface area (Å²) in [5.41, 5.74) is 7.73. The predicted molar refractivity (Wildman–Crippen MR) is 75.0 cm³/mol. The van der Waals surface area contributed by atoms with E-state index in [1.807, 2.05) is 24.3 Å². The van der Waals surface area contributed by atoms with Crippen LogP contribution in [0, 0.1) is 0 Å². The average molecular weight is 256 g/mol. The fourth-order valence-electron chi connectivity index (χ4n) is 1.72. The lowest BCUT2D eigenvalue weighted by molar-refractivity contribution is 0.0952. The molecule has 4 heteroatoms. The predicted octanol–water partition coefficient (Wildman–Crippen LogP) is 2.21. The van der Waals surface area contributed by atoms with E-state index in [-0.39, 0.29) is 5.91 Å². The van der Waals surface area contributed by atoms with Crippen molar-refractivity contribution in [2.24, 2.45) is 0 Å². The maximum atomic E-state index is 11.9. The highest BCUT2D eigenvalue weighted by molar-refractivity contribution is 5.98. The van der Waals surface area contributed by atoms with Crippen LogP contribution in [-0.4, -0.2) is 13.0 Å². The van der Waals surface area contributed by atoms with Crippen LogP contribution in [0.5, 0.6) is 5.75 Å². The molecule has 3 N–H and O–H groups in total. The Labute approximate surface area is 112 Å². The van der Waals surface area contributed by atoms with Crippen molar-refractivity contribution in [3.05, 3.63) is 59.7 Å². The molecule has 4 nitrogen and oxygen atoms in total. The number of anilines is 1. The topological polar surface area (TPSA) is 64.3 Å². The molecule has 0 aromatic heterocycles. The minimum atomic E-state index is -0.172. The minimum absolute atomic E-state index is 0.172. The van der Waals surface area contributed by atoms with Crippen LogP contribution in [0.1, 0.15) is 15.9 Å². The largest absolute Gasteiger partial charge is 0.497 e. The van der Waals surface area contributed by atoms with Crippen molar-refractivity contribution in [2.45, 2.75) is 6.54 Å². The molecule has 0 aliphatic heterocycles. The van der Waals surface area contributed by atoms with Gasteiger partial charge >= 0.3 is 0 Å². The third kappa shape index (κ3) is 3.25. The van der Waals surface area contributed by atoms with Crippen molar-refractivity contribution in [1.82, 2.24) is 5.32 Å². The van der Waals surface area contributed by atoms with Gasteiger partial charge in [-0.15, -0.1) is 0 Å². The van der Waals surface area contributed by atoms with Gasteiger partial charge in [-0.25, -0.2) is 0 Å². The summed E-state index contributed by atoms with van der Waals surface area (Å²) >= 11 is 0. The number of amides is 1. The van der Waals surface area contributed by atoms with Gasteiger partial charge in [-0.2, -0.15) is 0 Å². The molecular weight excluding hydrogens is 240 g/mol. The van der Waals surface area contributed by atoms with Gasteiger partial charge < -0.3 is 15.8 Å². The summed E-state index contributed by atoms with van der Waals surface area (Å²) in [6.07, 6.45) is 0. The molecule has 2 rings (SSSR count). The molecule has 0 saturated heterocycles. The molecule has 0 fully saturated rings. The Kier molecular flexibility index (Phi) is 4.03. The van der Waals surface area contributed by atoms with Crippen molar-refractivity contribution < 1.29 is 9.53 Å². The van der Waals surface area contributed by atoms with E-state index in [1.54, 1.807) is 31.4 Å². The summed E-state index contributed by atoms with van der Waals surface area (Å²) in [6, 6.07) is 14.5. The monoisotopic (exact) mass is 256 g/mol. The van der Waals surface area contributed by atoms with Crippen molar-refractivity contribution in [2.75, 3.05) is 12.8 Å². The van der Waals surface area contributed by atoms with E-state index < -0.39 is 0 Å². The standard InChI is InChI=1S/C15H16N2O2/c1-19-12-8-6-11(7-9-12)10-17-15(18)13-4-2-3-5-14(13)16/h2-9H,10,16H2,1H3,(H,17,18). The van der Waals surface area contributed by atoms with Gasteiger partial charge in [0.05, 0.1) is 12.7 Å². The molecule has 98 valence electrons. The number of ether oxygens (including phenoxy) is 1. The molecule has 0 spiro atoms. The molecule has 19 heavy (non-hydrogen) atoms. The van der Waals surface area contributed by atoms with Gasteiger partial charge in [-0.3, -0.25) is 4.79 Å². The number of nitrogen functional groups attached to an aromatic ring is 1. The molecule has 1 amide bonds. The zero-order valence-electron chi connectivity index (χ0n) is 10.7. The summed E-state index contributed by atoms with van der Waals surface area (Å²) in [4.78, 5) is 11.9. The van der Waals surface area contributed by atoms with Gasteiger partial charge in [0.2, 0.25) is 0 Å². The second kappa shape index (κ2) is 5.91. The lowest BCUT2D eigenvalue weighted by Crippen LogP contribution is -2.23. The Morgan fingerprint density at radius 2 is 1.84 bits per heavy atom. The summed E-state index contributed by atoms with van der Waals surface area (Å²) in [5.74, 6) is 0.622. The minimum Gasteiger partial charge on any atom is -0.497 e. The van der Waals surface area contributed by atoms with E-state index in [4.69, 9.17) is 10.5 Å². The fourth-order valence-corrected chi connectivity index (χ4v) is 1.72. The third-order valence-corrected chi connectivity index (χ3v) is 2.82. The maximum absolute atomic E-state index is 11.9. The van der Waals surface area contributed by atoms with E-state index in [9.17, 15) is 4.79 Å². The number of nitrogens with one attached hydrogen (secondary N) is 1. The zero-order valence-corrected chi connectivity index (χ0v) is 10.7. The second-order valence-corrected chi connectivity index (χ2v) is 4.12. The maximum Gasteiger partial charge on any atom is 0.253 e. The van der Waals surface area contributed by atoms with Gasteiger partial charge in [0.15, 0.2) is 0 Å². The average Bonchev–Trinajstić information content (AvgIpc) is 2.46. The first-order chi connectivity index (χ1) is 9.20. The first-order valence-corrected chi connectivity index (χ1v) is 5.96. The van der Waals surface area contributed by atoms with Crippen LogP contribution < -0.4 is 15.8 Å². The van der Waals surface area contributed by atoms with Crippen LogP contribution in [-0.2, 0) is 6.54 Å². The lowest BCUT2D eigenvalue weighted by atomic mass is 10.1. The number of carbonyl (C=O) groups is 1. The van der Waals surface area contributed by atoms with Crippen LogP contribution in [0.25, 0.3) is 0 Å². The quantitative estimate of drug-likeness (QED) is 0.824. The summed E-state index contributed by atoms with van der Waals surface area (Å²) < 4.78 is 5.08. The summed E-state index contributed by atoms with van der Waals surface area (Å²) in [5, 5.41) is 2.83. The highest BCUT2D eigenvalue weighted by Gasteiger charge is 2.07. The molecule has 0 radical (unpaired) electrons. The number of nitrogens with two attached hydrogens (primary N) is 1. The van der Waals surface area contributed by atoms with Crippen molar-refractivity contribution in [3.8, 4) is 5.75 Å². The molecular formula is C15H16N2O2. The smallest absolute Gasteiger partial charge is 0.253 e. The number of para-hydroxylation sites is 1. The second-order valence-electron chi connectivity index (χ2n) is 4.12. The van der Waals surface area contributed by atoms with E-state index in [0.717, 1.165) is 11.3 Å². The molecule has 2 aromatic rings. The summed E-state index contributed by atoms with van der Waals surface area (Å²) in [6.45, 7) is 0.456. The number of benzene rings is 2. The number of carbonyl (C=O) groups excluding carboxylic acids is 1.